The topological polar surface area (TPSA) is 37.3 Å². The van der Waals surface area contributed by atoms with Crippen LogP contribution in [-0.2, 0) is 4.79 Å². The summed E-state index contributed by atoms with van der Waals surface area (Å²) in [6.07, 6.45) is 7.97. The van der Waals surface area contributed by atoms with Crippen molar-refractivity contribution in [2.24, 2.45) is 0 Å². The lowest BCUT2D eigenvalue weighted by Crippen LogP contribution is -1.84. The number of carboxylic acids is 1. The van der Waals surface area contributed by atoms with Gasteiger partial charge in [-0.3, -0.25) is 0 Å². The minimum absolute atomic E-state index is 0.924. The molecule has 60 valence electrons. The normalized spacial score (nSPS) is 10.7. The number of aliphatic carboxylic acids is 1. The van der Waals surface area contributed by atoms with Crippen molar-refractivity contribution in [1.29, 1.82) is 0 Å². The Kier molecular flexibility index (Phi) is 4.82. The van der Waals surface area contributed by atoms with E-state index in [2.05, 4.69) is 0 Å². The number of carbonyl (C=O) groups is 1. The summed E-state index contributed by atoms with van der Waals surface area (Å²) < 4.78 is 0. The molecule has 0 saturated carbocycles. The second-order valence-electron chi connectivity index (χ2n) is 2.33. The van der Waals surface area contributed by atoms with Crippen LogP contribution in [0.2, 0.25) is 0 Å². The maximum Gasteiger partial charge on any atom is 0.328 e. The summed E-state index contributed by atoms with van der Waals surface area (Å²) in [5.41, 5.74) is 1.19. The van der Waals surface area contributed by atoms with Crippen LogP contribution >= 0.6 is 0 Å². The molecule has 0 radical (unpaired) electrons. The molecule has 0 rings (SSSR count). The third-order valence-electron chi connectivity index (χ3n) is 0.891. The van der Waals surface area contributed by atoms with Gasteiger partial charge in [-0.1, -0.05) is 29.9 Å². The molecule has 0 aromatic rings. The first-order chi connectivity index (χ1) is 5.13. The van der Waals surface area contributed by atoms with E-state index in [0.717, 1.165) is 6.08 Å². The van der Waals surface area contributed by atoms with Crippen molar-refractivity contribution in [3.8, 4) is 0 Å². The van der Waals surface area contributed by atoms with Gasteiger partial charge in [0.05, 0.1) is 0 Å². The predicted octanol–water partition coefficient (Wildman–Crippen LogP) is 2.15. The molecule has 0 saturated heterocycles. The van der Waals surface area contributed by atoms with Crippen LogP contribution in [0, 0.1) is 0 Å². The summed E-state index contributed by atoms with van der Waals surface area (Å²) in [6, 6.07) is 0. The number of carboxylic acid groups (broad SMARTS) is 1. The predicted molar refractivity (Wildman–Crippen MR) is 45.3 cm³/mol. The van der Waals surface area contributed by atoms with Gasteiger partial charge in [-0.15, -0.1) is 0 Å². The van der Waals surface area contributed by atoms with E-state index in [-0.39, 0.29) is 0 Å². The summed E-state index contributed by atoms with van der Waals surface area (Å²) in [4.78, 5) is 9.96. The molecule has 11 heavy (non-hydrogen) atoms. The lowest BCUT2D eigenvalue weighted by molar-refractivity contribution is -0.131. The number of rotatable bonds is 3. The molecule has 0 bridgehead atoms. The Morgan fingerprint density at radius 2 is 1.82 bits per heavy atom. The Hall–Kier alpha value is -1.31. The largest absolute Gasteiger partial charge is 0.478 e. The van der Waals surface area contributed by atoms with E-state index in [9.17, 15) is 4.79 Å². The van der Waals surface area contributed by atoms with Crippen molar-refractivity contribution in [3.63, 3.8) is 0 Å². The summed E-state index contributed by atoms with van der Waals surface area (Å²) in [7, 11) is 0. The van der Waals surface area contributed by atoms with Crippen LogP contribution in [0.15, 0.2) is 36.0 Å². The lowest BCUT2D eigenvalue weighted by atomic mass is 10.3. The SMILES string of the molecule is CC(C)=C/C=C/C=C/C(=O)O. The average Bonchev–Trinajstić information content (AvgIpc) is 1.85. The fraction of sp³-hybridized carbons (Fsp3) is 0.222. The van der Waals surface area contributed by atoms with Crippen LogP contribution in [0.25, 0.3) is 0 Å². The van der Waals surface area contributed by atoms with Crippen molar-refractivity contribution in [1.82, 2.24) is 0 Å². The highest BCUT2D eigenvalue weighted by Gasteiger charge is 1.79. The summed E-state index contributed by atoms with van der Waals surface area (Å²) in [5.74, 6) is -0.924. The molecule has 0 fully saturated rings. The van der Waals surface area contributed by atoms with Gasteiger partial charge < -0.3 is 5.11 Å². The fourth-order valence-electron chi connectivity index (χ4n) is 0.450. The van der Waals surface area contributed by atoms with E-state index in [1.807, 2.05) is 19.9 Å². The van der Waals surface area contributed by atoms with Gasteiger partial charge in [0.2, 0.25) is 0 Å². The highest BCUT2D eigenvalue weighted by atomic mass is 16.4. The fourth-order valence-corrected chi connectivity index (χ4v) is 0.450. The molecular formula is C9H12O2. The average molecular weight is 152 g/mol. The standard InChI is InChI=1S/C9H12O2/c1-8(2)6-4-3-5-7-9(10)11/h3-7H,1-2H3,(H,10,11)/b4-3+,7-5+. The summed E-state index contributed by atoms with van der Waals surface area (Å²) in [5, 5.41) is 8.19. The molecule has 0 unspecified atom stereocenters. The van der Waals surface area contributed by atoms with Gasteiger partial charge in [0, 0.05) is 6.08 Å². The van der Waals surface area contributed by atoms with Crippen LogP contribution in [0.5, 0.6) is 0 Å². The van der Waals surface area contributed by atoms with E-state index in [0.29, 0.717) is 0 Å². The third-order valence-corrected chi connectivity index (χ3v) is 0.891. The second kappa shape index (κ2) is 5.47. The summed E-state index contributed by atoms with van der Waals surface area (Å²) >= 11 is 0. The molecular weight excluding hydrogens is 140 g/mol. The first-order valence-corrected chi connectivity index (χ1v) is 3.34. The number of allylic oxidation sites excluding steroid dienone is 5. The highest BCUT2D eigenvalue weighted by Crippen LogP contribution is 1.88. The van der Waals surface area contributed by atoms with Crippen LogP contribution < -0.4 is 0 Å². The van der Waals surface area contributed by atoms with Gasteiger partial charge in [-0.05, 0) is 13.8 Å². The Balaban J connectivity index is 3.78. The van der Waals surface area contributed by atoms with Gasteiger partial charge in [0.25, 0.3) is 0 Å². The Morgan fingerprint density at radius 1 is 1.18 bits per heavy atom. The number of hydrogen-bond acceptors (Lipinski definition) is 1. The van der Waals surface area contributed by atoms with Gasteiger partial charge in [-0.2, -0.15) is 0 Å². The van der Waals surface area contributed by atoms with E-state index in [1.165, 1.54) is 11.6 Å². The monoisotopic (exact) mass is 152 g/mol. The van der Waals surface area contributed by atoms with Crippen LogP contribution in [0.4, 0.5) is 0 Å². The molecule has 2 heteroatoms. The molecule has 0 heterocycles. The van der Waals surface area contributed by atoms with Crippen molar-refractivity contribution < 1.29 is 9.90 Å². The van der Waals surface area contributed by atoms with Crippen LogP contribution in [0.3, 0.4) is 0 Å². The molecule has 0 aliphatic heterocycles. The van der Waals surface area contributed by atoms with Crippen molar-refractivity contribution in [2.75, 3.05) is 0 Å². The molecule has 2 nitrogen and oxygen atoms in total. The molecule has 0 aromatic heterocycles. The van der Waals surface area contributed by atoms with Gasteiger partial charge >= 0.3 is 5.97 Å². The smallest absolute Gasteiger partial charge is 0.328 e. The zero-order valence-electron chi connectivity index (χ0n) is 6.74. The molecule has 0 aromatic carbocycles. The quantitative estimate of drug-likeness (QED) is 0.497. The molecule has 0 aliphatic rings. The maximum atomic E-state index is 9.96. The van der Waals surface area contributed by atoms with Crippen molar-refractivity contribution >= 4 is 5.97 Å². The third kappa shape index (κ3) is 8.69. The van der Waals surface area contributed by atoms with Crippen molar-refractivity contribution in [3.05, 3.63) is 36.0 Å². The maximum absolute atomic E-state index is 9.96. The van der Waals surface area contributed by atoms with E-state index < -0.39 is 5.97 Å². The van der Waals surface area contributed by atoms with Crippen LogP contribution in [0.1, 0.15) is 13.8 Å². The lowest BCUT2D eigenvalue weighted by Gasteiger charge is -1.79. The van der Waals surface area contributed by atoms with Gasteiger partial charge in [0.1, 0.15) is 0 Å². The Morgan fingerprint density at radius 3 is 2.27 bits per heavy atom. The number of hydrogen-bond donors (Lipinski definition) is 1. The zero-order chi connectivity index (χ0) is 8.69. The van der Waals surface area contributed by atoms with Crippen LogP contribution in [-0.4, -0.2) is 11.1 Å². The molecule has 0 amide bonds. The zero-order valence-corrected chi connectivity index (χ0v) is 6.74. The van der Waals surface area contributed by atoms with Crippen molar-refractivity contribution in [2.45, 2.75) is 13.8 Å². The summed E-state index contributed by atoms with van der Waals surface area (Å²) in [6.45, 7) is 3.95. The highest BCUT2D eigenvalue weighted by molar-refractivity contribution is 5.80. The Labute approximate surface area is 66.5 Å². The van der Waals surface area contributed by atoms with E-state index in [4.69, 9.17) is 5.11 Å². The molecule has 0 atom stereocenters. The first-order valence-electron chi connectivity index (χ1n) is 3.34. The van der Waals surface area contributed by atoms with E-state index in [1.54, 1.807) is 12.2 Å². The van der Waals surface area contributed by atoms with Gasteiger partial charge in [0.15, 0.2) is 0 Å². The second-order valence-corrected chi connectivity index (χ2v) is 2.33. The first kappa shape index (κ1) is 9.69. The molecule has 0 aliphatic carbocycles. The molecule has 0 spiro atoms. The Bertz CT molecular complexity index is 206. The molecule has 1 N–H and O–H groups in total. The minimum Gasteiger partial charge on any atom is -0.478 e. The minimum atomic E-state index is -0.924. The van der Waals surface area contributed by atoms with E-state index >= 15 is 0 Å². The van der Waals surface area contributed by atoms with Gasteiger partial charge in [-0.25, -0.2) is 4.79 Å².